The van der Waals surface area contributed by atoms with Gasteiger partial charge in [-0.3, -0.25) is 0 Å². The second-order valence-electron chi connectivity index (χ2n) is 4.13. The van der Waals surface area contributed by atoms with Crippen LogP contribution in [0.1, 0.15) is 24.4 Å². The molecule has 1 N–H and O–H groups in total. The van der Waals surface area contributed by atoms with Crippen molar-refractivity contribution >= 4 is 11.8 Å². The standard InChI is InChI=1S/C13H19NS/c1-14-13(11-5-3-2-4-6-11)12-7-9-15-10-8-12/h2-6,12-14H,7-10H2,1H3. The van der Waals surface area contributed by atoms with Gasteiger partial charge in [0.2, 0.25) is 0 Å². The SMILES string of the molecule is CNC(c1ccccc1)C1CCSCC1. The maximum absolute atomic E-state index is 3.48. The van der Waals surface area contributed by atoms with Crippen molar-refractivity contribution in [3.63, 3.8) is 0 Å². The molecule has 1 aromatic rings. The molecule has 1 atom stereocenters. The predicted molar refractivity (Wildman–Crippen MR) is 68.3 cm³/mol. The Morgan fingerprint density at radius 3 is 2.47 bits per heavy atom. The van der Waals surface area contributed by atoms with Crippen LogP contribution >= 0.6 is 11.8 Å². The number of rotatable bonds is 3. The molecule has 1 aliphatic rings. The first-order chi connectivity index (χ1) is 7.42. The zero-order valence-corrected chi connectivity index (χ0v) is 10.1. The fourth-order valence-electron chi connectivity index (χ4n) is 2.38. The zero-order chi connectivity index (χ0) is 10.5. The molecule has 82 valence electrons. The van der Waals surface area contributed by atoms with Gasteiger partial charge in [-0.25, -0.2) is 0 Å². The molecule has 0 aliphatic carbocycles. The van der Waals surface area contributed by atoms with Crippen molar-refractivity contribution in [2.75, 3.05) is 18.6 Å². The van der Waals surface area contributed by atoms with E-state index in [0.29, 0.717) is 6.04 Å². The minimum Gasteiger partial charge on any atom is -0.313 e. The van der Waals surface area contributed by atoms with E-state index < -0.39 is 0 Å². The van der Waals surface area contributed by atoms with Gasteiger partial charge in [0.1, 0.15) is 0 Å². The molecular weight excluding hydrogens is 202 g/mol. The Morgan fingerprint density at radius 2 is 1.87 bits per heavy atom. The van der Waals surface area contributed by atoms with Gasteiger partial charge in [-0.15, -0.1) is 0 Å². The molecule has 1 aromatic carbocycles. The van der Waals surface area contributed by atoms with Crippen LogP contribution in [0.4, 0.5) is 0 Å². The Hall–Kier alpha value is -0.470. The van der Waals surface area contributed by atoms with Gasteiger partial charge < -0.3 is 5.32 Å². The average molecular weight is 221 g/mol. The van der Waals surface area contributed by atoms with Gasteiger partial charge in [-0.1, -0.05) is 30.3 Å². The summed E-state index contributed by atoms with van der Waals surface area (Å²) in [6.07, 6.45) is 2.70. The summed E-state index contributed by atoms with van der Waals surface area (Å²) in [6, 6.07) is 11.4. The van der Waals surface area contributed by atoms with Crippen molar-refractivity contribution in [1.82, 2.24) is 5.32 Å². The minimum atomic E-state index is 0.548. The van der Waals surface area contributed by atoms with Gasteiger partial charge in [0.25, 0.3) is 0 Å². The quantitative estimate of drug-likeness (QED) is 0.842. The van der Waals surface area contributed by atoms with E-state index in [1.54, 1.807) is 0 Å². The molecule has 1 saturated heterocycles. The molecule has 0 radical (unpaired) electrons. The lowest BCUT2D eigenvalue weighted by Gasteiger charge is -2.30. The molecule has 1 heterocycles. The van der Waals surface area contributed by atoms with Crippen LogP contribution in [0.15, 0.2) is 30.3 Å². The van der Waals surface area contributed by atoms with E-state index >= 15 is 0 Å². The number of hydrogen-bond donors (Lipinski definition) is 1. The normalized spacial score (nSPS) is 20.1. The number of benzene rings is 1. The van der Waals surface area contributed by atoms with Gasteiger partial charge >= 0.3 is 0 Å². The largest absolute Gasteiger partial charge is 0.313 e. The molecule has 0 saturated carbocycles. The van der Waals surface area contributed by atoms with Crippen LogP contribution in [0, 0.1) is 5.92 Å². The van der Waals surface area contributed by atoms with Crippen molar-refractivity contribution in [3.8, 4) is 0 Å². The van der Waals surface area contributed by atoms with Crippen molar-refractivity contribution in [2.24, 2.45) is 5.92 Å². The summed E-state index contributed by atoms with van der Waals surface area (Å²) in [5.74, 6) is 3.48. The maximum atomic E-state index is 3.48. The minimum absolute atomic E-state index is 0.548. The van der Waals surface area contributed by atoms with Crippen molar-refractivity contribution < 1.29 is 0 Å². The molecule has 2 heteroatoms. The summed E-state index contributed by atoms with van der Waals surface area (Å²) in [6.45, 7) is 0. The molecule has 0 aromatic heterocycles. The molecule has 0 spiro atoms. The lowest BCUT2D eigenvalue weighted by molar-refractivity contribution is 0.358. The number of thioether (sulfide) groups is 1. The van der Waals surface area contributed by atoms with Gasteiger partial charge in [-0.05, 0) is 42.9 Å². The maximum Gasteiger partial charge on any atom is 0.0346 e. The first-order valence-corrected chi connectivity index (χ1v) is 6.87. The number of nitrogens with one attached hydrogen (secondary N) is 1. The lowest BCUT2D eigenvalue weighted by Crippen LogP contribution is -2.28. The third-order valence-corrected chi connectivity index (χ3v) is 4.26. The summed E-state index contributed by atoms with van der Waals surface area (Å²) in [5.41, 5.74) is 1.44. The summed E-state index contributed by atoms with van der Waals surface area (Å²) in [4.78, 5) is 0. The van der Waals surface area contributed by atoms with E-state index in [1.165, 1.54) is 29.9 Å². The molecule has 1 unspecified atom stereocenters. The van der Waals surface area contributed by atoms with Crippen LogP contribution < -0.4 is 5.32 Å². The van der Waals surface area contributed by atoms with Crippen LogP contribution in [0.25, 0.3) is 0 Å². The zero-order valence-electron chi connectivity index (χ0n) is 9.28. The van der Waals surface area contributed by atoms with Crippen molar-refractivity contribution in [3.05, 3.63) is 35.9 Å². The molecule has 2 rings (SSSR count). The number of hydrogen-bond acceptors (Lipinski definition) is 2. The van der Waals surface area contributed by atoms with Crippen LogP contribution in [0.5, 0.6) is 0 Å². The van der Waals surface area contributed by atoms with Gasteiger partial charge in [0.15, 0.2) is 0 Å². The van der Waals surface area contributed by atoms with E-state index in [0.717, 1.165) is 5.92 Å². The predicted octanol–water partition coefficient (Wildman–Crippen LogP) is 3.09. The van der Waals surface area contributed by atoms with Crippen LogP contribution in [0.2, 0.25) is 0 Å². The lowest BCUT2D eigenvalue weighted by atomic mass is 9.88. The summed E-state index contributed by atoms with van der Waals surface area (Å²) < 4.78 is 0. The van der Waals surface area contributed by atoms with Gasteiger partial charge in [0, 0.05) is 6.04 Å². The summed E-state index contributed by atoms with van der Waals surface area (Å²) in [7, 11) is 2.08. The van der Waals surface area contributed by atoms with E-state index in [4.69, 9.17) is 0 Å². The third kappa shape index (κ3) is 2.76. The van der Waals surface area contributed by atoms with Gasteiger partial charge in [0.05, 0.1) is 0 Å². The Bertz CT molecular complexity index is 280. The van der Waals surface area contributed by atoms with E-state index in [9.17, 15) is 0 Å². The monoisotopic (exact) mass is 221 g/mol. The topological polar surface area (TPSA) is 12.0 Å². The average Bonchev–Trinajstić information content (AvgIpc) is 2.33. The fraction of sp³-hybridized carbons (Fsp3) is 0.538. The van der Waals surface area contributed by atoms with Crippen molar-refractivity contribution in [1.29, 1.82) is 0 Å². The third-order valence-electron chi connectivity index (χ3n) is 3.21. The van der Waals surface area contributed by atoms with Crippen molar-refractivity contribution in [2.45, 2.75) is 18.9 Å². The Labute approximate surface area is 96.7 Å². The molecule has 1 nitrogen and oxygen atoms in total. The van der Waals surface area contributed by atoms with E-state index in [1.807, 2.05) is 0 Å². The molecule has 1 fully saturated rings. The van der Waals surface area contributed by atoms with E-state index in [2.05, 4.69) is 54.5 Å². The highest BCUT2D eigenvalue weighted by atomic mass is 32.2. The second kappa shape index (κ2) is 5.57. The van der Waals surface area contributed by atoms with Crippen LogP contribution in [-0.2, 0) is 0 Å². The van der Waals surface area contributed by atoms with Crippen LogP contribution in [0.3, 0.4) is 0 Å². The molecule has 0 bridgehead atoms. The molecule has 0 amide bonds. The fourth-order valence-corrected chi connectivity index (χ4v) is 3.53. The molecule has 15 heavy (non-hydrogen) atoms. The highest BCUT2D eigenvalue weighted by Gasteiger charge is 2.23. The second-order valence-corrected chi connectivity index (χ2v) is 5.35. The molecule has 1 aliphatic heterocycles. The first kappa shape index (κ1) is 11.0. The Kier molecular flexibility index (Phi) is 4.09. The molecular formula is C13H19NS. The first-order valence-electron chi connectivity index (χ1n) is 5.72. The van der Waals surface area contributed by atoms with E-state index in [-0.39, 0.29) is 0 Å². The Balaban J connectivity index is 2.09. The smallest absolute Gasteiger partial charge is 0.0346 e. The van der Waals surface area contributed by atoms with Gasteiger partial charge in [-0.2, -0.15) is 11.8 Å². The highest BCUT2D eigenvalue weighted by Crippen LogP contribution is 2.32. The van der Waals surface area contributed by atoms with Crippen LogP contribution in [-0.4, -0.2) is 18.6 Å². The Morgan fingerprint density at radius 1 is 1.20 bits per heavy atom. The summed E-state index contributed by atoms with van der Waals surface area (Å²) in [5, 5.41) is 3.48. The summed E-state index contributed by atoms with van der Waals surface area (Å²) >= 11 is 2.09. The highest BCUT2D eigenvalue weighted by molar-refractivity contribution is 7.99.